The number of hydrogen-bond acceptors (Lipinski definition) is 2. The third kappa shape index (κ3) is 1.48. The Morgan fingerprint density at radius 1 is 1.38 bits per heavy atom. The van der Waals surface area contributed by atoms with Gasteiger partial charge in [-0.25, -0.2) is 4.98 Å². The lowest BCUT2D eigenvalue weighted by molar-refractivity contribution is 0.751. The Labute approximate surface area is 94.9 Å². The largest absolute Gasteiger partial charge is 0.383 e. The molecule has 1 aliphatic carbocycles. The molecule has 3 nitrogen and oxygen atoms in total. The Hall–Kier alpha value is -1.77. The van der Waals surface area contributed by atoms with E-state index in [2.05, 4.69) is 34.7 Å². The third-order valence-corrected chi connectivity index (χ3v) is 3.06. The fraction of sp³-hybridized carbons (Fsp3) is 0.308. The fourth-order valence-corrected chi connectivity index (χ4v) is 2.03. The molecule has 0 atom stereocenters. The Bertz CT molecular complexity index is 524. The molecular formula is C13H15N3. The van der Waals surface area contributed by atoms with Crippen molar-refractivity contribution >= 4 is 5.82 Å². The van der Waals surface area contributed by atoms with E-state index in [-0.39, 0.29) is 0 Å². The van der Waals surface area contributed by atoms with Gasteiger partial charge in [-0.05, 0) is 25.8 Å². The summed E-state index contributed by atoms with van der Waals surface area (Å²) in [6.07, 6.45) is 4.33. The highest BCUT2D eigenvalue weighted by molar-refractivity contribution is 5.71. The zero-order chi connectivity index (χ0) is 11.1. The molecule has 0 spiro atoms. The van der Waals surface area contributed by atoms with Gasteiger partial charge in [-0.3, -0.25) is 0 Å². The van der Waals surface area contributed by atoms with Crippen LogP contribution >= 0.6 is 0 Å². The van der Waals surface area contributed by atoms with Gasteiger partial charge in [0.15, 0.2) is 0 Å². The summed E-state index contributed by atoms with van der Waals surface area (Å²) in [6, 6.07) is 8.89. The Morgan fingerprint density at radius 2 is 2.19 bits per heavy atom. The second-order valence-electron chi connectivity index (χ2n) is 4.49. The molecule has 1 aromatic carbocycles. The van der Waals surface area contributed by atoms with Gasteiger partial charge in [0, 0.05) is 11.6 Å². The van der Waals surface area contributed by atoms with Crippen molar-refractivity contribution in [1.82, 2.24) is 9.55 Å². The number of benzene rings is 1. The van der Waals surface area contributed by atoms with Crippen molar-refractivity contribution < 1.29 is 0 Å². The number of nitrogens with two attached hydrogens (primary N) is 1. The van der Waals surface area contributed by atoms with Crippen molar-refractivity contribution in [3.8, 4) is 11.3 Å². The summed E-state index contributed by atoms with van der Waals surface area (Å²) < 4.78 is 2.09. The quantitative estimate of drug-likeness (QED) is 0.833. The average Bonchev–Trinajstić information content (AvgIpc) is 3.03. The molecule has 1 saturated carbocycles. The molecule has 1 fully saturated rings. The molecule has 0 bridgehead atoms. The minimum Gasteiger partial charge on any atom is -0.383 e. The first-order chi connectivity index (χ1) is 7.75. The Morgan fingerprint density at radius 3 is 2.88 bits per heavy atom. The van der Waals surface area contributed by atoms with Crippen molar-refractivity contribution in [1.29, 1.82) is 0 Å². The molecule has 0 radical (unpaired) electrons. The maximum Gasteiger partial charge on any atom is 0.131 e. The van der Waals surface area contributed by atoms with Crippen LogP contribution in [0, 0.1) is 6.92 Å². The van der Waals surface area contributed by atoms with Crippen LogP contribution in [-0.4, -0.2) is 9.55 Å². The van der Waals surface area contributed by atoms with Crippen LogP contribution in [0.15, 0.2) is 30.6 Å². The zero-order valence-electron chi connectivity index (χ0n) is 9.35. The van der Waals surface area contributed by atoms with Gasteiger partial charge in [0.25, 0.3) is 0 Å². The highest BCUT2D eigenvalue weighted by atomic mass is 15.2. The minimum atomic E-state index is 0.589. The summed E-state index contributed by atoms with van der Waals surface area (Å²) in [6.45, 7) is 2.08. The van der Waals surface area contributed by atoms with Crippen molar-refractivity contribution in [3.63, 3.8) is 0 Å². The van der Waals surface area contributed by atoms with Gasteiger partial charge in [0.1, 0.15) is 11.5 Å². The number of nitrogens with zero attached hydrogens (tertiary/aromatic N) is 2. The number of rotatable bonds is 2. The molecule has 3 rings (SSSR count). The predicted molar refractivity (Wildman–Crippen MR) is 65.1 cm³/mol. The van der Waals surface area contributed by atoms with Crippen molar-refractivity contribution in [2.24, 2.45) is 0 Å². The van der Waals surface area contributed by atoms with Gasteiger partial charge >= 0.3 is 0 Å². The van der Waals surface area contributed by atoms with E-state index in [0.29, 0.717) is 6.04 Å². The molecule has 0 aliphatic heterocycles. The molecule has 1 heterocycles. The molecule has 0 unspecified atom stereocenters. The van der Waals surface area contributed by atoms with Gasteiger partial charge < -0.3 is 10.3 Å². The lowest BCUT2D eigenvalue weighted by Crippen LogP contribution is -1.99. The summed E-state index contributed by atoms with van der Waals surface area (Å²) >= 11 is 0. The second kappa shape index (κ2) is 3.37. The van der Waals surface area contributed by atoms with E-state index >= 15 is 0 Å². The SMILES string of the molecule is Cc1cccc(-c2ncn(C3CC3)c2N)c1. The third-order valence-electron chi connectivity index (χ3n) is 3.06. The van der Waals surface area contributed by atoms with E-state index in [1.807, 2.05) is 12.4 Å². The number of aromatic nitrogens is 2. The zero-order valence-corrected chi connectivity index (χ0v) is 9.35. The lowest BCUT2D eigenvalue weighted by atomic mass is 10.1. The Balaban J connectivity index is 2.06. The summed E-state index contributed by atoms with van der Waals surface area (Å²) in [7, 11) is 0. The van der Waals surface area contributed by atoms with Gasteiger partial charge in [-0.15, -0.1) is 0 Å². The summed E-state index contributed by atoms with van der Waals surface area (Å²) in [5, 5.41) is 0. The van der Waals surface area contributed by atoms with Crippen LogP contribution in [0.25, 0.3) is 11.3 Å². The number of hydrogen-bond donors (Lipinski definition) is 1. The van der Waals surface area contributed by atoms with Crippen LogP contribution in [0.5, 0.6) is 0 Å². The molecule has 82 valence electrons. The van der Waals surface area contributed by atoms with E-state index in [1.165, 1.54) is 18.4 Å². The first-order valence-corrected chi connectivity index (χ1v) is 5.65. The predicted octanol–water partition coefficient (Wildman–Crippen LogP) is 2.78. The summed E-state index contributed by atoms with van der Waals surface area (Å²) in [4.78, 5) is 4.43. The summed E-state index contributed by atoms with van der Waals surface area (Å²) in [5.41, 5.74) is 9.38. The normalized spacial score (nSPS) is 15.3. The highest BCUT2D eigenvalue weighted by Crippen LogP contribution is 2.39. The summed E-state index contributed by atoms with van der Waals surface area (Å²) in [5.74, 6) is 0.799. The fourth-order valence-electron chi connectivity index (χ4n) is 2.03. The van der Waals surface area contributed by atoms with Gasteiger partial charge in [-0.2, -0.15) is 0 Å². The second-order valence-corrected chi connectivity index (χ2v) is 4.49. The van der Waals surface area contributed by atoms with Crippen LogP contribution in [0.4, 0.5) is 5.82 Å². The number of aryl methyl sites for hydroxylation is 1. The topological polar surface area (TPSA) is 43.8 Å². The van der Waals surface area contributed by atoms with Gasteiger partial charge in [0.05, 0.1) is 6.33 Å². The standard InChI is InChI=1S/C13H15N3/c1-9-3-2-4-10(7-9)12-13(14)16(8-15-12)11-5-6-11/h2-4,7-8,11H,5-6,14H2,1H3. The Kier molecular flexibility index (Phi) is 1.99. The number of anilines is 1. The van der Waals surface area contributed by atoms with Crippen LogP contribution in [0.2, 0.25) is 0 Å². The number of nitrogen functional groups attached to an aromatic ring is 1. The monoisotopic (exact) mass is 213 g/mol. The first kappa shape index (κ1) is 9.46. The average molecular weight is 213 g/mol. The first-order valence-electron chi connectivity index (χ1n) is 5.65. The van der Waals surface area contributed by atoms with Crippen molar-refractivity contribution in [2.45, 2.75) is 25.8 Å². The van der Waals surface area contributed by atoms with Crippen molar-refractivity contribution in [3.05, 3.63) is 36.2 Å². The lowest BCUT2D eigenvalue weighted by Gasteiger charge is -2.04. The minimum absolute atomic E-state index is 0.589. The smallest absolute Gasteiger partial charge is 0.131 e. The van der Waals surface area contributed by atoms with Gasteiger partial charge in [-0.1, -0.05) is 23.8 Å². The van der Waals surface area contributed by atoms with Gasteiger partial charge in [0.2, 0.25) is 0 Å². The maximum absolute atomic E-state index is 6.13. The molecule has 0 amide bonds. The van der Waals surface area contributed by atoms with Crippen LogP contribution in [0.1, 0.15) is 24.4 Å². The molecule has 1 aromatic heterocycles. The van der Waals surface area contributed by atoms with E-state index in [1.54, 1.807) is 0 Å². The molecule has 3 heteroatoms. The molecule has 16 heavy (non-hydrogen) atoms. The molecule has 0 saturated heterocycles. The number of imidazole rings is 1. The van der Waals surface area contributed by atoms with Crippen LogP contribution < -0.4 is 5.73 Å². The van der Waals surface area contributed by atoms with E-state index < -0.39 is 0 Å². The molecule has 2 aromatic rings. The van der Waals surface area contributed by atoms with E-state index in [9.17, 15) is 0 Å². The van der Waals surface area contributed by atoms with Crippen molar-refractivity contribution in [2.75, 3.05) is 5.73 Å². The maximum atomic E-state index is 6.13. The van der Waals surface area contributed by atoms with Crippen LogP contribution in [0.3, 0.4) is 0 Å². The van der Waals surface area contributed by atoms with Crippen LogP contribution in [-0.2, 0) is 0 Å². The highest BCUT2D eigenvalue weighted by Gasteiger charge is 2.26. The molecule has 1 aliphatic rings. The molecular weight excluding hydrogens is 198 g/mol. The van der Waals surface area contributed by atoms with E-state index in [4.69, 9.17) is 5.73 Å². The molecule has 2 N–H and O–H groups in total. The van der Waals surface area contributed by atoms with E-state index in [0.717, 1.165) is 17.1 Å².